The molecule has 2 aromatic carbocycles. The number of carbonyl (C=O) groups excluding carboxylic acids is 2. The van der Waals surface area contributed by atoms with E-state index >= 15 is 0 Å². The Labute approximate surface area is 220 Å². The second-order valence-corrected chi connectivity index (χ2v) is 10.2. The number of thiophene rings is 1. The number of ether oxygens (including phenoxy) is 2. The number of rotatable bonds is 8. The fourth-order valence-electron chi connectivity index (χ4n) is 4.72. The van der Waals surface area contributed by atoms with Gasteiger partial charge in [-0.05, 0) is 53.8 Å². The number of aliphatic hydroxyl groups excluding tert-OH is 1. The average molecular weight is 519 g/mol. The van der Waals surface area contributed by atoms with Crippen molar-refractivity contribution in [1.82, 2.24) is 9.80 Å². The maximum absolute atomic E-state index is 13.2. The number of hydrogen-bond acceptors (Lipinski definition) is 7. The van der Waals surface area contributed by atoms with Gasteiger partial charge in [-0.1, -0.05) is 30.3 Å². The van der Waals surface area contributed by atoms with E-state index in [0.29, 0.717) is 44.2 Å². The number of carbonyl (C=O) groups is 2. The average Bonchev–Trinajstić information content (AvgIpc) is 3.54. The lowest BCUT2D eigenvalue weighted by molar-refractivity contribution is -0.140. The zero-order chi connectivity index (χ0) is 25.8. The molecule has 1 aromatic heterocycles. The maximum Gasteiger partial charge on any atom is 0.295 e. The fourth-order valence-corrected chi connectivity index (χ4v) is 5.57. The molecule has 5 rings (SSSR count). The Bertz CT molecular complexity index is 1280. The number of amides is 1. The van der Waals surface area contributed by atoms with Gasteiger partial charge in [-0.3, -0.25) is 14.5 Å². The van der Waals surface area contributed by atoms with Crippen molar-refractivity contribution in [2.24, 2.45) is 0 Å². The second kappa shape index (κ2) is 11.3. The highest BCUT2D eigenvalue weighted by molar-refractivity contribution is 7.10. The predicted molar refractivity (Wildman–Crippen MR) is 143 cm³/mol. The van der Waals surface area contributed by atoms with Gasteiger partial charge in [0, 0.05) is 36.6 Å². The molecule has 37 heavy (non-hydrogen) atoms. The highest BCUT2D eigenvalue weighted by Crippen LogP contribution is 2.41. The largest absolute Gasteiger partial charge is 0.507 e. The third-order valence-corrected chi connectivity index (χ3v) is 7.82. The van der Waals surface area contributed by atoms with E-state index in [1.807, 2.05) is 48.7 Å². The van der Waals surface area contributed by atoms with Gasteiger partial charge in [0.15, 0.2) is 0 Å². The van der Waals surface area contributed by atoms with E-state index in [1.54, 1.807) is 29.2 Å². The predicted octanol–water partition coefficient (Wildman–Crippen LogP) is 4.39. The van der Waals surface area contributed by atoms with Crippen LogP contribution in [0.5, 0.6) is 5.75 Å². The van der Waals surface area contributed by atoms with Crippen molar-refractivity contribution in [1.29, 1.82) is 0 Å². The highest BCUT2D eigenvalue weighted by atomic mass is 32.1. The Balaban J connectivity index is 1.38. The lowest BCUT2D eigenvalue weighted by Crippen LogP contribution is -2.42. The summed E-state index contributed by atoms with van der Waals surface area (Å²) in [4.78, 5) is 31.0. The summed E-state index contributed by atoms with van der Waals surface area (Å²) in [5.74, 6) is -0.749. The van der Waals surface area contributed by atoms with Crippen LogP contribution in [0.4, 0.5) is 0 Å². The molecule has 1 amide bonds. The van der Waals surface area contributed by atoms with Crippen LogP contribution in [0, 0.1) is 6.92 Å². The smallest absolute Gasteiger partial charge is 0.295 e. The van der Waals surface area contributed by atoms with Crippen molar-refractivity contribution < 1.29 is 24.2 Å². The SMILES string of the molecule is Cc1ccccc1COc1ccc(/C(O)=C2\C(=O)C(=O)N(CCN3CCOCC3)C2c2cccs2)cc1. The van der Waals surface area contributed by atoms with E-state index in [-0.39, 0.29) is 11.3 Å². The molecule has 2 fully saturated rings. The first kappa shape index (κ1) is 25.2. The Morgan fingerprint density at radius 2 is 1.78 bits per heavy atom. The Morgan fingerprint density at radius 1 is 1.03 bits per heavy atom. The van der Waals surface area contributed by atoms with E-state index in [2.05, 4.69) is 4.90 Å². The molecule has 2 saturated heterocycles. The summed E-state index contributed by atoms with van der Waals surface area (Å²) in [5.41, 5.74) is 2.85. The molecule has 3 aromatic rings. The Hall–Kier alpha value is -3.46. The third kappa shape index (κ3) is 5.46. The summed E-state index contributed by atoms with van der Waals surface area (Å²) in [5, 5.41) is 13.2. The Morgan fingerprint density at radius 3 is 2.49 bits per heavy atom. The minimum absolute atomic E-state index is 0.128. The number of morpholine rings is 1. The summed E-state index contributed by atoms with van der Waals surface area (Å²) >= 11 is 1.47. The van der Waals surface area contributed by atoms with Crippen LogP contribution in [0.25, 0.3) is 5.76 Å². The van der Waals surface area contributed by atoms with Gasteiger partial charge in [0.2, 0.25) is 0 Å². The molecule has 192 valence electrons. The molecule has 0 bridgehead atoms. The first-order valence-corrected chi connectivity index (χ1v) is 13.3. The molecule has 0 aliphatic carbocycles. The van der Waals surface area contributed by atoms with Crippen molar-refractivity contribution >= 4 is 28.8 Å². The van der Waals surface area contributed by atoms with Crippen LogP contribution in [0.1, 0.15) is 27.6 Å². The highest BCUT2D eigenvalue weighted by Gasteiger charge is 2.46. The van der Waals surface area contributed by atoms with Gasteiger partial charge in [0.05, 0.1) is 24.8 Å². The van der Waals surface area contributed by atoms with E-state index in [0.717, 1.165) is 29.1 Å². The first-order chi connectivity index (χ1) is 18.0. The summed E-state index contributed by atoms with van der Waals surface area (Å²) in [7, 11) is 0. The molecule has 1 atom stereocenters. The molecule has 0 spiro atoms. The van der Waals surface area contributed by atoms with Gasteiger partial charge in [0.25, 0.3) is 11.7 Å². The Kier molecular flexibility index (Phi) is 7.69. The molecule has 0 saturated carbocycles. The molecular formula is C29H30N2O5S. The van der Waals surface area contributed by atoms with Crippen molar-refractivity contribution in [3.63, 3.8) is 0 Å². The van der Waals surface area contributed by atoms with E-state index in [4.69, 9.17) is 9.47 Å². The number of hydrogen-bond donors (Lipinski definition) is 1. The number of benzene rings is 2. The quantitative estimate of drug-likeness (QED) is 0.271. The summed E-state index contributed by atoms with van der Waals surface area (Å²) in [6, 6.07) is 18.2. The van der Waals surface area contributed by atoms with Gasteiger partial charge in [-0.15, -0.1) is 11.3 Å². The molecule has 1 unspecified atom stereocenters. The topological polar surface area (TPSA) is 79.3 Å². The van der Waals surface area contributed by atoms with Crippen LogP contribution in [0.3, 0.4) is 0 Å². The number of ketones is 1. The summed E-state index contributed by atoms with van der Waals surface area (Å²) in [6.45, 7) is 6.44. The standard InChI is InChI=1S/C29H30N2O5S/c1-20-5-2-3-6-22(20)19-36-23-10-8-21(9-11-23)27(32)25-26(24-7-4-18-37-24)31(29(34)28(25)33)13-12-30-14-16-35-17-15-30/h2-11,18,26,32H,12-17,19H2,1H3/b27-25+. The van der Waals surface area contributed by atoms with Gasteiger partial charge in [-0.25, -0.2) is 0 Å². The van der Waals surface area contributed by atoms with Gasteiger partial charge in [0.1, 0.15) is 18.1 Å². The molecule has 0 radical (unpaired) electrons. The van der Waals surface area contributed by atoms with Crippen molar-refractivity contribution in [3.05, 3.63) is 93.2 Å². The van der Waals surface area contributed by atoms with Crippen molar-refractivity contribution in [2.45, 2.75) is 19.6 Å². The number of aryl methyl sites for hydroxylation is 1. The number of likely N-dealkylation sites (tertiary alicyclic amines) is 1. The summed E-state index contributed by atoms with van der Waals surface area (Å²) < 4.78 is 11.3. The first-order valence-electron chi connectivity index (χ1n) is 12.4. The molecule has 8 heteroatoms. The van der Waals surface area contributed by atoms with E-state index < -0.39 is 17.7 Å². The van der Waals surface area contributed by atoms with Gasteiger partial charge >= 0.3 is 0 Å². The normalized spacial score (nSPS) is 19.9. The van der Waals surface area contributed by atoms with Crippen LogP contribution in [-0.2, 0) is 20.9 Å². The van der Waals surface area contributed by atoms with Crippen LogP contribution >= 0.6 is 11.3 Å². The fraction of sp³-hybridized carbons (Fsp3) is 0.310. The van der Waals surface area contributed by atoms with Crippen molar-refractivity contribution in [3.8, 4) is 5.75 Å². The van der Waals surface area contributed by atoms with Crippen LogP contribution in [0.2, 0.25) is 0 Å². The molecule has 2 aliphatic heterocycles. The number of Topliss-reactive ketones (excluding diaryl/α,β-unsaturated/α-hetero) is 1. The van der Waals surface area contributed by atoms with Crippen molar-refractivity contribution in [2.75, 3.05) is 39.4 Å². The molecule has 2 aliphatic rings. The van der Waals surface area contributed by atoms with Gasteiger partial charge < -0.3 is 19.5 Å². The second-order valence-electron chi connectivity index (χ2n) is 9.20. The molecular weight excluding hydrogens is 488 g/mol. The molecule has 3 heterocycles. The third-order valence-electron chi connectivity index (χ3n) is 6.90. The van der Waals surface area contributed by atoms with E-state index in [1.165, 1.54) is 11.3 Å². The molecule has 1 N–H and O–H groups in total. The van der Waals surface area contributed by atoms with Crippen LogP contribution in [-0.4, -0.2) is 66.0 Å². The minimum Gasteiger partial charge on any atom is -0.507 e. The number of aliphatic hydroxyl groups is 1. The zero-order valence-corrected chi connectivity index (χ0v) is 21.6. The van der Waals surface area contributed by atoms with Gasteiger partial charge in [-0.2, -0.15) is 0 Å². The zero-order valence-electron chi connectivity index (χ0n) is 20.8. The minimum atomic E-state index is -0.655. The lowest BCUT2D eigenvalue weighted by atomic mass is 10.00. The monoisotopic (exact) mass is 518 g/mol. The maximum atomic E-state index is 13.2. The lowest BCUT2D eigenvalue weighted by Gasteiger charge is -2.30. The van der Waals surface area contributed by atoms with Crippen LogP contribution < -0.4 is 4.74 Å². The molecule has 7 nitrogen and oxygen atoms in total. The number of nitrogens with zero attached hydrogens (tertiary/aromatic N) is 2. The van der Waals surface area contributed by atoms with Crippen LogP contribution in [0.15, 0.2) is 71.6 Å². The summed E-state index contributed by atoms with van der Waals surface area (Å²) in [6.07, 6.45) is 0. The van der Waals surface area contributed by atoms with E-state index in [9.17, 15) is 14.7 Å².